The van der Waals surface area contributed by atoms with Crippen molar-refractivity contribution in [1.82, 2.24) is 15.2 Å². The summed E-state index contributed by atoms with van der Waals surface area (Å²) in [6.07, 6.45) is 0.220. The topological polar surface area (TPSA) is 71.5 Å². The highest BCUT2D eigenvalue weighted by molar-refractivity contribution is 7.09. The van der Waals surface area contributed by atoms with Gasteiger partial charge in [0.25, 0.3) is 5.91 Å². The molecule has 0 spiro atoms. The molecular formula is C23H25N3O3S. The lowest BCUT2D eigenvalue weighted by molar-refractivity contribution is -0.120. The van der Waals surface area contributed by atoms with E-state index in [0.717, 1.165) is 22.0 Å². The minimum absolute atomic E-state index is 0.0451. The number of carbonyl (C=O) groups excluding carboxylic acids is 2. The molecular weight excluding hydrogens is 398 g/mol. The van der Waals surface area contributed by atoms with Crippen LogP contribution < -0.4 is 10.1 Å². The number of benzene rings is 2. The molecule has 0 saturated heterocycles. The van der Waals surface area contributed by atoms with Crippen LogP contribution in [0.3, 0.4) is 0 Å². The number of hydrogen-bond acceptors (Lipinski definition) is 5. The monoisotopic (exact) mass is 423 g/mol. The van der Waals surface area contributed by atoms with Gasteiger partial charge in [-0.05, 0) is 36.8 Å². The maximum absolute atomic E-state index is 12.2. The van der Waals surface area contributed by atoms with Crippen molar-refractivity contribution in [2.45, 2.75) is 26.5 Å². The molecule has 1 heterocycles. The van der Waals surface area contributed by atoms with E-state index in [1.165, 1.54) is 21.8 Å². The summed E-state index contributed by atoms with van der Waals surface area (Å²) in [5.41, 5.74) is 3.47. The first-order valence-electron chi connectivity index (χ1n) is 9.61. The van der Waals surface area contributed by atoms with Crippen LogP contribution >= 0.6 is 11.3 Å². The molecule has 30 heavy (non-hydrogen) atoms. The van der Waals surface area contributed by atoms with Gasteiger partial charge in [0.05, 0.1) is 12.1 Å². The number of aromatic nitrogens is 1. The van der Waals surface area contributed by atoms with E-state index in [1.807, 2.05) is 48.7 Å². The van der Waals surface area contributed by atoms with Crippen molar-refractivity contribution < 1.29 is 14.3 Å². The highest BCUT2D eigenvalue weighted by Gasteiger charge is 2.10. The molecule has 3 rings (SSSR count). The van der Waals surface area contributed by atoms with Gasteiger partial charge in [0.15, 0.2) is 0 Å². The molecule has 0 aliphatic rings. The number of ether oxygens (including phenoxy) is 1. The zero-order valence-electron chi connectivity index (χ0n) is 17.3. The van der Waals surface area contributed by atoms with Crippen LogP contribution in [-0.4, -0.2) is 35.8 Å². The molecule has 0 saturated carbocycles. The van der Waals surface area contributed by atoms with Crippen molar-refractivity contribution in [2.24, 2.45) is 0 Å². The number of carbonyl (C=O) groups is 2. The van der Waals surface area contributed by atoms with Gasteiger partial charge in [-0.3, -0.25) is 9.59 Å². The van der Waals surface area contributed by atoms with Crippen LogP contribution in [0.15, 0.2) is 53.9 Å². The standard InChI is InChI=1S/C23H25N3O3S/c1-16-4-10-20(11-5-16)29-14-22-25-19(15-30-22)12-21(27)24-13-17-6-8-18(9-7-17)23(28)26(2)3/h4-11,15H,12-14H2,1-3H3,(H,24,27). The Bertz CT molecular complexity index is 995. The molecule has 0 bridgehead atoms. The third-order valence-electron chi connectivity index (χ3n) is 4.42. The second-order valence-electron chi connectivity index (χ2n) is 7.18. The second kappa shape index (κ2) is 10.0. The SMILES string of the molecule is Cc1ccc(OCc2nc(CC(=O)NCc3ccc(C(=O)N(C)C)cc3)cs2)cc1. The molecule has 6 nitrogen and oxygen atoms in total. The molecule has 0 aliphatic carbocycles. The van der Waals surface area contributed by atoms with Gasteiger partial charge in [-0.1, -0.05) is 29.8 Å². The third kappa shape index (κ3) is 6.15. The highest BCUT2D eigenvalue weighted by Crippen LogP contribution is 2.16. The summed E-state index contributed by atoms with van der Waals surface area (Å²) in [7, 11) is 3.43. The predicted octanol–water partition coefficient (Wildman–Crippen LogP) is 3.59. The van der Waals surface area contributed by atoms with E-state index in [9.17, 15) is 9.59 Å². The number of rotatable bonds is 8. The first kappa shape index (κ1) is 21.5. The van der Waals surface area contributed by atoms with Crippen molar-refractivity contribution in [3.63, 3.8) is 0 Å². The summed E-state index contributed by atoms with van der Waals surface area (Å²) in [4.78, 5) is 30.1. The van der Waals surface area contributed by atoms with Crippen LogP contribution in [-0.2, 0) is 24.4 Å². The highest BCUT2D eigenvalue weighted by atomic mass is 32.1. The van der Waals surface area contributed by atoms with Crippen LogP contribution in [0.1, 0.15) is 32.2 Å². The molecule has 1 aromatic heterocycles. The molecule has 0 aliphatic heterocycles. The van der Waals surface area contributed by atoms with Crippen molar-refractivity contribution in [2.75, 3.05) is 14.1 Å². The summed E-state index contributed by atoms with van der Waals surface area (Å²) in [5, 5.41) is 5.61. The summed E-state index contributed by atoms with van der Waals surface area (Å²) < 4.78 is 5.73. The Balaban J connectivity index is 1.45. The smallest absolute Gasteiger partial charge is 0.253 e. The summed E-state index contributed by atoms with van der Waals surface area (Å²) in [6, 6.07) is 15.1. The quantitative estimate of drug-likeness (QED) is 0.601. The van der Waals surface area contributed by atoms with Gasteiger partial charge < -0.3 is 15.0 Å². The number of thiazole rings is 1. The van der Waals surface area contributed by atoms with Crippen LogP contribution in [0, 0.1) is 6.92 Å². The van der Waals surface area contributed by atoms with Crippen molar-refractivity contribution in [3.05, 3.63) is 81.3 Å². The number of nitrogens with one attached hydrogen (secondary N) is 1. The number of hydrogen-bond donors (Lipinski definition) is 1. The molecule has 1 N–H and O–H groups in total. The van der Waals surface area contributed by atoms with Crippen LogP contribution in [0.25, 0.3) is 0 Å². The van der Waals surface area contributed by atoms with Crippen LogP contribution in [0.2, 0.25) is 0 Å². The number of nitrogens with zero attached hydrogens (tertiary/aromatic N) is 2. The maximum Gasteiger partial charge on any atom is 0.253 e. The lowest BCUT2D eigenvalue weighted by Gasteiger charge is -2.10. The largest absolute Gasteiger partial charge is 0.486 e. The molecule has 0 unspecified atom stereocenters. The van der Waals surface area contributed by atoms with Crippen molar-refractivity contribution >= 4 is 23.2 Å². The van der Waals surface area contributed by atoms with Crippen LogP contribution in [0.4, 0.5) is 0 Å². The Morgan fingerprint density at radius 3 is 2.43 bits per heavy atom. The van der Waals surface area contributed by atoms with E-state index >= 15 is 0 Å². The second-order valence-corrected chi connectivity index (χ2v) is 8.13. The normalized spacial score (nSPS) is 10.5. The Hall–Kier alpha value is -3.19. The van der Waals surface area contributed by atoms with Gasteiger partial charge in [-0.25, -0.2) is 4.98 Å². The fourth-order valence-electron chi connectivity index (χ4n) is 2.73. The zero-order chi connectivity index (χ0) is 21.5. The van der Waals surface area contributed by atoms with Crippen LogP contribution in [0.5, 0.6) is 5.75 Å². The number of aryl methyl sites for hydroxylation is 1. The Morgan fingerprint density at radius 1 is 1.07 bits per heavy atom. The molecule has 7 heteroatoms. The summed E-state index contributed by atoms with van der Waals surface area (Å²) >= 11 is 1.48. The van der Waals surface area contributed by atoms with E-state index in [0.29, 0.717) is 18.7 Å². The molecule has 0 fully saturated rings. The van der Waals surface area contributed by atoms with Gasteiger partial charge in [-0.2, -0.15) is 0 Å². The Kier molecular flexibility index (Phi) is 7.19. The van der Waals surface area contributed by atoms with E-state index in [4.69, 9.17) is 4.74 Å². The van der Waals surface area contributed by atoms with Gasteiger partial charge >= 0.3 is 0 Å². The lowest BCUT2D eigenvalue weighted by Crippen LogP contribution is -2.25. The van der Waals surface area contributed by atoms with E-state index in [1.54, 1.807) is 26.2 Å². The molecule has 0 atom stereocenters. The van der Waals surface area contributed by atoms with Crippen molar-refractivity contribution in [1.29, 1.82) is 0 Å². The molecule has 156 valence electrons. The minimum Gasteiger partial charge on any atom is -0.486 e. The van der Waals surface area contributed by atoms with E-state index in [2.05, 4.69) is 10.3 Å². The zero-order valence-corrected chi connectivity index (χ0v) is 18.2. The lowest BCUT2D eigenvalue weighted by atomic mass is 10.1. The summed E-state index contributed by atoms with van der Waals surface area (Å²) in [5.74, 6) is 0.657. The fraction of sp³-hybridized carbons (Fsp3) is 0.261. The average Bonchev–Trinajstić information content (AvgIpc) is 3.19. The Morgan fingerprint density at radius 2 is 1.77 bits per heavy atom. The third-order valence-corrected chi connectivity index (χ3v) is 5.29. The first-order valence-corrected chi connectivity index (χ1v) is 10.5. The average molecular weight is 424 g/mol. The molecule has 2 aromatic carbocycles. The molecule has 3 aromatic rings. The molecule has 0 radical (unpaired) electrons. The van der Waals surface area contributed by atoms with Crippen molar-refractivity contribution in [3.8, 4) is 5.75 Å². The number of amides is 2. The van der Waals surface area contributed by atoms with E-state index < -0.39 is 0 Å². The van der Waals surface area contributed by atoms with E-state index in [-0.39, 0.29) is 18.2 Å². The molecule has 2 amide bonds. The first-order chi connectivity index (χ1) is 14.4. The van der Waals surface area contributed by atoms with Gasteiger partial charge in [0, 0.05) is 31.6 Å². The maximum atomic E-state index is 12.2. The van der Waals surface area contributed by atoms with Gasteiger partial charge in [-0.15, -0.1) is 11.3 Å². The Labute approximate surface area is 180 Å². The summed E-state index contributed by atoms with van der Waals surface area (Å²) in [6.45, 7) is 2.82. The fourth-order valence-corrected chi connectivity index (χ4v) is 3.43. The van der Waals surface area contributed by atoms with Gasteiger partial charge in [0.1, 0.15) is 17.4 Å². The van der Waals surface area contributed by atoms with Gasteiger partial charge in [0.2, 0.25) is 5.91 Å². The predicted molar refractivity (Wildman–Crippen MR) is 118 cm³/mol. The minimum atomic E-state index is -0.0975.